The van der Waals surface area contributed by atoms with E-state index < -0.39 is 0 Å². The summed E-state index contributed by atoms with van der Waals surface area (Å²) in [7, 11) is 1.97. The minimum atomic E-state index is 0.292. The zero-order chi connectivity index (χ0) is 9.84. The lowest BCUT2D eigenvalue weighted by Crippen LogP contribution is -2.21. The van der Waals surface area contributed by atoms with E-state index >= 15 is 0 Å². The first-order valence-electron chi connectivity index (χ1n) is 4.52. The van der Waals surface area contributed by atoms with Crippen molar-refractivity contribution in [3.05, 3.63) is 11.8 Å². The van der Waals surface area contributed by atoms with Crippen LogP contribution in [0.4, 0.5) is 0 Å². The molecule has 3 nitrogen and oxygen atoms in total. The molecule has 74 valence electrons. The lowest BCUT2D eigenvalue weighted by Gasteiger charge is -2.07. The molecule has 0 aliphatic carbocycles. The van der Waals surface area contributed by atoms with Crippen LogP contribution in [0.1, 0.15) is 19.0 Å². The molecule has 0 saturated carbocycles. The SMILES string of the molecule is CCC(N)CSc1cc(C)nn1C. The maximum Gasteiger partial charge on any atom is 0.0939 e. The second kappa shape index (κ2) is 4.67. The second-order valence-corrected chi connectivity index (χ2v) is 4.27. The molecular weight excluding hydrogens is 182 g/mol. The van der Waals surface area contributed by atoms with Gasteiger partial charge < -0.3 is 5.73 Å². The van der Waals surface area contributed by atoms with Gasteiger partial charge in [-0.15, -0.1) is 11.8 Å². The normalized spacial score (nSPS) is 13.2. The van der Waals surface area contributed by atoms with Crippen molar-refractivity contribution in [3.63, 3.8) is 0 Å². The third-order valence-corrected chi connectivity index (χ3v) is 3.20. The Morgan fingerprint density at radius 2 is 2.38 bits per heavy atom. The van der Waals surface area contributed by atoms with Crippen LogP contribution in [0, 0.1) is 6.92 Å². The number of nitrogens with two attached hydrogens (primary N) is 1. The topological polar surface area (TPSA) is 43.8 Å². The Balaban J connectivity index is 2.49. The fourth-order valence-electron chi connectivity index (χ4n) is 1.03. The van der Waals surface area contributed by atoms with Crippen molar-refractivity contribution >= 4 is 11.8 Å². The Morgan fingerprint density at radius 3 is 2.85 bits per heavy atom. The number of hydrogen-bond acceptors (Lipinski definition) is 3. The van der Waals surface area contributed by atoms with E-state index in [0.717, 1.165) is 17.9 Å². The molecule has 0 amide bonds. The quantitative estimate of drug-likeness (QED) is 0.748. The number of rotatable bonds is 4. The number of aromatic nitrogens is 2. The summed E-state index contributed by atoms with van der Waals surface area (Å²) in [4.78, 5) is 0. The molecule has 1 aromatic heterocycles. The first-order valence-corrected chi connectivity index (χ1v) is 5.51. The van der Waals surface area contributed by atoms with Gasteiger partial charge in [-0.25, -0.2) is 0 Å². The van der Waals surface area contributed by atoms with Crippen molar-refractivity contribution in [2.75, 3.05) is 5.75 Å². The zero-order valence-electron chi connectivity index (χ0n) is 8.45. The Kier molecular flexibility index (Phi) is 3.81. The van der Waals surface area contributed by atoms with E-state index in [2.05, 4.69) is 18.1 Å². The largest absolute Gasteiger partial charge is 0.327 e. The molecule has 0 spiro atoms. The van der Waals surface area contributed by atoms with Gasteiger partial charge in [-0.05, 0) is 19.4 Å². The number of hydrogen-bond donors (Lipinski definition) is 1. The molecule has 0 fully saturated rings. The Hall–Kier alpha value is -0.480. The minimum absolute atomic E-state index is 0.292. The predicted molar refractivity (Wildman–Crippen MR) is 56.9 cm³/mol. The van der Waals surface area contributed by atoms with E-state index in [1.54, 1.807) is 11.8 Å². The van der Waals surface area contributed by atoms with E-state index in [4.69, 9.17) is 5.73 Å². The van der Waals surface area contributed by atoms with Crippen molar-refractivity contribution in [1.82, 2.24) is 9.78 Å². The number of nitrogens with zero attached hydrogens (tertiary/aromatic N) is 2. The first kappa shape index (κ1) is 10.6. The van der Waals surface area contributed by atoms with Gasteiger partial charge in [-0.1, -0.05) is 6.92 Å². The monoisotopic (exact) mass is 199 g/mol. The van der Waals surface area contributed by atoms with Crippen molar-refractivity contribution in [2.45, 2.75) is 31.3 Å². The smallest absolute Gasteiger partial charge is 0.0939 e. The van der Waals surface area contributed by atoms with Crippen molar-refractivity contribution in [1.29, 1.82) is 0 Å². The standard InChI is InChI=1S/C9H17N3S/c1-4-8(10)6-13-9-5-7(2)11-12(9)3/h5,8H,4,6,10H2,1-3H3. The van der Waals surface area contributed by atoms with Crippen LogP contribution in [0.3, 0.4) is 0 Å². The molecular formula is C9H17N3S. The predicted octanol–water partition coefficient (Wildman–Crippen LogP) is 1.56. The molecule has 0 aliphatic heterocycles. The molecule has 1 rings (SSSR count). The van der Waals surface area contributed by atoms with Crippen molar-refractivity contribution in [2.24, 2.45) is 12.8 Å². The van der Waals surface area contributed by atoms with Crippen LogP contribution in [0.2, 0.25) is 0 Å². The van der Waals surface area contributed by atoms with Gasteiger partial charge in [-0.2, -0.15) is 5.10 Å². The summed E-state index contributed by atoms with van der Waals surface area (Å²) in [6.45, 7) is 4.11. The molecule has 0 aliphatic rings. The van der Waals surface area contributed by atoms with Gasteiger partial charge in [0.2, 0.25) is 0 Å². The molecule has 0 bridgehead atoms. The average Bonchev–Trinajstić information content (AvgIpc) is 2.41. The average molecular weight is 199 g/mol. The van der Waals surface area contributed by atoms with Gasteiger partial charge in [0.25, 0.3) is 0 Å². The highest BCUT2D eigenvalue weighted by Gasteiger charge is 2.05. The van der Waals surface area contributed by atoms with Crippen LogP contribution in [-0.2, 0) is 7.05 Å². The third-order valence-electron chi connectivity index (χ3n) is 1.93. The maximum atomic E-state index is 5.83. The molecule has 1 unspecified atom stereocenters. The first-order chi connectivity index (χ1) is 6.13. The van der Waals surface area contributed by atoms with Crippen LogP contribution >= 0.6 is 11.8 Å². The summed E-state index contributed by atoms with van der Waals surface area (Å²) >= 11 is 1.78. The maximum absolute atomic E-state index is 5.83. The van der Waals surface area contributed by atoms with Crippen molar-refractivity contribution in [3.8, 4) is 0 Å². The Labute approximate surface area is 83.7 Å². The molecule has 1 atom stereocenters. The van der Waals surface area contributed by atoms with Gasteiger partial charge in [0.1, 0.15) is 0 Å². The zero-order valence-corrected chi connectivity index (χ0v) is 9.27. The lowest BCUT2D eigenvalue weighted by atomic mass is 10.3. The van der Waals surface area contributed by atoms with Gasteiger partial charge in [0.05, 0.1) is 10.7 Å². The summed E-state index contributed by atoms with van der Waals surface area (Å²) < 4.78 is 1.91. The molecule has 2 N–H and O–H groups in total. The molecule has 4 heteroatoms. The highest BCUT2D eigenvalue weighted by molar-refractivity contribution is 7.99. The van der Waals surface area contributed by atoms with Crippen LogP contribution in [0.5, 0.6) is 0 Å². The van der Waals surface area contributed by atoms with E-state index in [9.17, 15) is 0 Å². The van der Waals surface area contributed by atoms with E-state index in [-0.39, 0.29) is 0 Å². The van der Waals surface area contributed by atoms with Crippen LogP contribution in [-0.4, -0.2) is 21.6 Å². The third kappa shape index (κ3) is 3.04. The van der Waals surface area contributed by atoms with Gasteiger partial charge in [-0.3, -0.25) is 4.68 Å². The van der Waals surface area contributed by atoms with E-state index in [1.807, 2.05) is 18.7 Å². The molecule has 0 aromatic carbocycles. The fraction of sp³-hybridized carbons (Fsp3) is 0.667. The molecule has 1 aromatic rings. The van der Waals surface area contributed by atoms with Gasteiger partial charge in [0.15, 0.2) is 0 Å². The van der Waals surface area contributed by atoms with Crippen LogP contribution in [0.15, 0.2) is 11.1 Å². The summed E-state index contributed by atoms with van der Waals surface area (Å²) in [5.41, 5.74) is 6.89. The minimum Gasteiger partial charge on any atom is -0.327 e. The highest BCUT2D eigenvalue weighted by atomic mass is 32.2. The Morgan fingerprint density at radius 1 is 1.69 bits per heavy atom. The summed E-state index contributed by atoms with van der Waals surface area (Å²) in [6.07, 6.45) is 1.03. The molecule has 0 saturated heterocycles. The fourth-order valence-corrected chi connectivity index (χ4v) is 2.13. The van der Waals surface area contributed by atoms with Gasteiger partial charge in [0, 0.05) is 18.8 Å². The number of aryl methyl sites for hydroxylation is 2. The van der Waals surface area contributed by atoms with Crippen molar-refractivity contribution < 1.29 is 0 Å². The second-order valence-electron chi connectivity index (χ2n) is 3.23. The van der Waals surface area contributed by atoms with Gasteiger partial charge >= 0.3 is 0 Å². The molecule has 0 radical (unpaired) electrons. The van der Waals surface area contributed by atoms with E-state index in [1.165, 1.54) is 5.03 Å². The summed E-state index contributed by atoms with van der Waals surface area (Å²) in [5, 5.41) is 5.47. The summed E-state index contributed by atoms with van der Waals surface area (Å²) in [6, 6.07) is 2.38. The summed E-state index contributed by atoms with van der Waals surface area (Å²) in [5.74, 6) is 0.968. The van der Waals surface area contributed by atoms with Crippen LogP contribution in [0.25, 0.3) is 0 Å². The van der Waals surface area contributed by atoms with E-state index in [0.29, 0.717) is 6.04 Å². The molecule has 13 heavy (non-hydrogen) atoms. The van der Waals surface area contributed by atoms with Crippen LogP contribution < -0.4 is 5.73 Å². The highest BCUT2D eigenvalue weighted by Crippen LogP contribution is 2.18. The number of thioether (sulfide) groups is 1. The lowest BCUT2D eigenvalue weighted by molar-refractivity contribution is 0.686. The Bertz CT molecular complexity index is 270. The molecule has 1 heterocycles.